The lowest BCUT2D eigenvalue weighted by molar-refractivity contribution is 0.191. The molecule has 0 aliphatic rings. The molecule has 2 aromatic rings. The smallest absolute Gasteiger partial charge is 0.0962 e. The molecule has 1 unspecified atom stereocenters. The van der Waals surface area contributed by atoms with Crippen molar-refractivity contribution in [3.8, 4) is 0 Å². The van der Waals surface area contributed by atoms with Gasteiger partial charge >= 0.3 is 0 Å². The van der Waals surface area contributed by atoms with Crippen molar-refractivity contribution < 1.29 is 5.11 Å². The molecular formula is C17H20INO. The molecule has 0 fully saturated rings. The fraction of sp³-hybridized carbons (Fsp3) is 0.294. The van der Waals surface area contributed by atoms with Crippen molar-refractivity contribution >= 4 is 28.3 Å². The Morgan fingerprint density at radius 2 is 1.60 bits per heavy atom. The summed E-state index contributed by atoms with van der Waals surface area (Å²) in [6, 6.07) is 16.3. The van der Waals surface area contributed by atoms with Crippen LogP contribution in [0.3, 0.4) is 0 Å². The van der Waals surface area contributed by atoms with E-state index in [4.69, 9.17) is 0 Å². The minimum Gasteiger partial charge on any atom is -0.387 e. The maximum Gasteiger partial charge on any atom is 0.0962 e. The maximum absolute atomic E-state index is 10.2. The van der Waals surface area contributed by atoms with Crippen LogP contribution in [0.5, 0.6) is 0 Å². The molecule has 0 saturated carbocycles. The topological polar surface area (TPSA) is 32.3 Å². The van der Waals surface area contributed by atoms with Crippen molar-refractivity contribution in [2.75, 3.05) is 11.9 Å². The molecule has 1 atom stereocenters. The van der Waals surface area contributed by atoms with E-state index in [1.807, 2.05) is 36.4 Å². The monoisotopic (exact) mass is 381 g/mol. The minimum atomic E-state index is -0.493. The Balaban J connectivity index is 1.98. The second-order valence-electron chi connectivity index (χ2n) is 5.20. The minimum absolute atomic E-state index is 0.493. The standard InChI is InChI=1S/C17H20INO/c1-12(2)13-7-9-14(10-8-13)17(20)11-19-16-6-4-3-5-15(16)18/h3-10,12,17,19-20H,11H2,1-2H3. The molecule has 0 heterocycles. The van der Waals surface area contributed by atoms with E-state index >= 15 is 0 Å². The largest absolute Gasteiger partial charge is 0.387 e. The van der Waals surface area contributed by atoms with Crippen molar-refractivity contribution in [2.45, 2.75) is 25.9 Å². The molecule has 0 aliphatic carbocycles. The molecule has 3 heteroatoms. The highest BCUT2D eigenvalue weighted by molar-refractivity contribution is 14.1. The average molecular weight is 381 g/mol. The molecule has 2 nitrogen and oxygen atoms in total. The van der Waals surface area contributed by atoms with Crippen LogP contribution in [0, 0.1) is 3.57 Å². The molecule has 106 valence electrons. The fourth-order valence-electron chi connectivity index (χ4n) is 2.03. The first-order valence-corrected chi connectivity index (χ1v) is 7.92. The second-order valence-corrected chi connectivity index (χ2v) is 6.36. The highest BCUT2D eigenvalue weighted by Crippen LogP contribution is 2.21. The van der Waals surface area contributed by atoms with Crippen LogP contribution < -0.4 is 5.32 Å². The van der Waals surface area contributed by atoms with Crippen LogP contribution in [0.2, 0.25) is 0 Å². The van der Waals surface area contributed by atoms with Crippen LogP contribution in [-0.4, -0.2) is 11.7 Å². The van der Waals surface area contributed by atoms with Crippen LogP contribution in [0.25, 0.3) is 0 Å². The van der Waals surface area contributed by atoms with Crippen LogP contribution >= 0.6 is 22.6 Å². The van der Waals surface area contributed by atoms with Gasteiger partial charge in [0.1, 0.15) is 0 Å². The Hall–Kier alpha value is -1.07. The number of benzene rings is 2. The van der Waals surface area contributed by atoms with Gasteiger partial charge in [0.2, 0.25) is 0 Å². The number of rotatable bonds is 5. The van der Waals surface area contributed by atoms with Gasteiger partial charge in [0.15, 0.2) is 0 Å². The van der Waals surface area contributed by atoms with E-state index in [1.54, 1.807) is 0 Å². The maximum atomic E-state index is 10.2. The van der Waals surface area contributed by atoms with Crippen LogP contribution in [-0.2, 0) is 0 Å². The quantitative estimate of drug-likeness (QED) is 0.745. The Bertz CT molecular complexity index is 551. The molecule has 0 aliphatic heterocycles. The number of hydrogen-bond donors (Lipinski definition) is 2. The number of aliphatic hydroxyl groups excluding tert-OH is 1. The van der Waals surface area contributed by atoms with Gasteiger partial charge in [-0.3, -0.25) is 0 Å². The SMILES string of the molecule is CC(C)c1ccc(C(O)CNc2ccccc2I)cc1. The molecule has 2 rings (SSSR count). The Kier molecular flexibility index (Phi) is 5.43. The molecule has 0 saturated heterocycles. The normalized spacial score (nSPS) is 12.4. The summed E-state index contributed by atoms with van der Waals surface area (Å²) in [6.07, 6.45) is -0.493. The third-order valence-corrected chi connectivity index (χ3v) is 4.29. The molecule has 0 aromatic heterocycles. The summed E-state index contributed by atoms with van der Waals surface area (Å²) in [6.45, 7) is 4.86. The summed E-state index contributed by atoms with van der Waals surface area (Å²) >= 11 is 2.29. The van der Waals surface area contributed by atoms with E-state index in [0.29, 0.717) is 12.5 Å². The Morgan fingerprint density at radius 3 is 2.20 bits per heavy atom. The first kappa shape index (κ1) is 15.3. The predicted molar refractivity (Wildman–Crippen MR) is 93.1 cm³/mol. The first-order valence-electron chi connectivity index (χ1n) is 6.84. The highest BCUT2D eigenvalue weighted by atomic mass is 127. The van der Waals surface area contributed by atoms with E-state index in [0.717, 1.165) is 14.8 Å². The van der Waals surface area contributed by atoms with Gasteiger partial charge in [-0.2, -0.15) is 0 Å². The number of halogens is 1. The van der Waals surface area contributed by atoms with E-state index in [-0.39, 0.29) is 0 Å². The molecular weight excluding hydrogens is 361 g/mol. The van der Waals surface area contributed by atoms with Gasteiger partial charge in [-0.05, 0) is 51.8 Å². The van der Waals surface area contributed by atoms with Gasteiger partial charge < -0.3 is 10.4 Å². The zero-order valence-corrected chi connectivity index (χ0v) is 14.0. The molecule has 0 radical (unpaired) electrons. The van der Waals surface area contributed by atoms with Crippen molar-refractivity contribution in [3.63, 3.8) is 0 Å². The van der Waals surface area contributed by atoms with Crippen LogP contribution in [0.4, 0.5) is 5.69 Å². The number of anilines is 1. The summed E-state index contributed by atoms with van der Waals surface area (Å²) in [5.74, 6) is 0.519. The zero-order valence-electron chi connectivity index (χ0n) is 11.8. The lowest BCUT2D eigenvalue weighted by atomic mass is 10.00. The number of nitrogens with one attached hydrogen (secondary N) is 1. The Morgan fingerprint density at radius 1 is 1.00 bits per heavy atom. The van der Waals surface area contributed by atoms with E-state index < -0.39 is 6.10 Å². The van der Waals surface area contributed by atoms with Crippen molar-refractivity contribution in [1.82, 2.24) is 0 Å². The zero-order chi connectivity index (χ0) is 14.5. The third-order valence-electron chi connectivity index (χ3n) is 3.35. The van der Waals surface area contributed by atoms with E-state index in [1.165, 1.54) is 5.56 Å². The Labute approximate surface area is 134 Å². The van der Waals surface area contributed by atoms with E-state index in [2.05, 4.69) is 53.9 Å². The molecule has 0 spiro atoms. The van der Waals surface area contributed by atoms with Crippen molar-refractivity contribution in [2.24, 2.45) is 0 Å². The van der Waals surface area contributed by atoms with Gasteiger partial charge in [-0.1, -0.05) is 50.2 Å². The number of hydrogen-bond acceptors (Lipinski definition) is 2. The van der Waals surface area contributed by atoms with Crippen LogP contribution in [0.15, 0.2) is 48.5 Å². The van der Waals surface area contributed by atoms with Gasteiger partial charge in [-0.25, -0.2) is 0 Å². The summed E-state index contributed by atoms with van der Waals surface area (Å²) in [5.41, 5.74) is 3.31. The number of para-hydroxylation sites is 1. The van der Waals surface area contributed by atoms with Gasteiger partial charge in [-0.15, -0.1) is 0 Å². The van der Waals surface area contributed by atoms with Gasteiger partial charge in [0.25, 0.3) is 0 Å². The van der Waals surface area contributed by atoms with Crippen molar-refractivity contribution in [1.29, 1.82) is 0 Å². The average Bonchev–Trinajstić information content (AvgIpc) is 2.46. The van der Waals surface area contributed by atoms with E-state index in [9.17, 15) is 5.11 Å². The fourth-order valence-corrected chi connectivity index (χ4v) is 2.61. The van der Waals surface area contributed by atoms with Crippen molar-refractivity contribution in [3.05, 3.63) is 63.2 Å². The molecule has 2 N–H and O–H groups in total. The summed E-state index contributed by atoms with van der Waals surface area (Å²) in [7, 11) is 0. The van der Waals surface area contributed by atoms with Gasteiger partial charge in [0.05, 0.1) is 6.10 Å². The summed E-state index contributed by atoms with van der Waals surface area (Å²) in [4.78, 5) is 0. The molecule has 20 heavy (non-hydrogen) atoms. The molecule has 2 aromatic carbocycles. The molecule has 0 bridgehead atoms. The third kappa shape index (κ3) is 3.96. The van der Waals surface area contributed by atoms with Gasteiger partial charge in [0, 0.05) is 15.8 Å². The summed E-state index contributed by atoms with van der Waals surface area (Å²) in [5, 5.41) is 13.5. The lowest BCUT2D eigenvalue weighted by Crippen LogP contribution is -2.12. The predicted octanol–water partition coefficient (Wildman–Crippen LogP) is 4.56. The van der Waals surface area contributed by atoms with Crippen LogP contribution in [0.1, 0.15) is 37.0 Å². The first-order chi connectivity index (χ1) is 9.58. The highest BCUT2D eigenvalue weighted by Gasteiger charge is 2.08. The summed E-state index contributed by atoms with van der Waals surface area (Å²) < 4.78 is 1.16. The lowest BCUT2D eigenvalue weighted by Gasteiger charge is -2.15. The molecule has 0 amide bonds. The number of aliphatic hydroxyl groups is 1. The second kappa shape index (κ2) is 7.09.